The zero-order valence-electron chi connectivity index (χ0n) is 12.0. The van der Waals surface area contributed by atoms with E-state index in [1.165, 1.54) is 0 Å². The Labute approximate surface area is 117 Å². The molecule has 110 valence electrons. The van der Waals surface area contributed by atoms with E-state index >= 15 is 0 Å². The number of halogens is 2. The lowest BCUT2D eigenvalue weighted by atomic mass is 9.80. The number of benzene rings is 1. The van der Waals surface area contributed by atoms with Crippen molar-refractivity contribution < 1.29 is 13.6 Å². The van der Waals surface area contributed by atoms with Crippen LogP contribution in [-0.4, -0.2) is 23.9 Å². The molecule has 0 bridgehead atoms. The van der Waals surface area contributed by atoms with Gasteiger partial charge < -0.3 is 10.6 Å². The number of likely N-dealkylation sites (tertiary alicyclic amines) is 1. The number of anilines is 1. The van der Waals surface area contributed by atoms with Crippen molar-refractivity contribution in [2.24, 2.45) is 11.3 Å². The third-order valence-corrected chi connectivity index (χ3v) is 4.00. The van der Waals surface area contributed by atoms with E-state index in [2.05, 4.69) is 20.8 Å². The number of nitrogens with zero attached hydrogens (tertiary/aromatic N) is 1. The van der Waals surface area contributed by atoms with Crippen molar-refractivity contribution in [2.75, 3.05) is 18.8 Å². The van der Waals surface area contributed by atoms with Crippen LogP contribution in [0.4, 0.5) is 14.5 Å². The molecule has 0 aliphatic carbocycles. The van der Waals surface area contributed by atoms with Crippen molar-refractivity contribution in [3.05, 3.63) is 29.3 Å². The Morgan fingerprint density at radius 1 is 1.35 bits per heavy atom. The van der Waals surface area contributed by atoms with E-state index in [-0.39, 0.29) is 16.7 Å². The number of carbonyl (C=O) groups is 1. The first-order chi connectivity index (χ1) is 9.20. The highest BCUT2D eigenvalue weighted by molar-refractivity contribution is 5.95. The predicted molar refractivity (Wildman–Crippen MR) is 74.2 cm³/mol. The number of carbonyl (C=O) groups excluding carboxylic acids is 1. The second-order valence-electron chi connectivity index (χ2n) is 6.46. The van der Waals surface area contributed by atoms with E-state index < -0.39 is 17.5 Å². The molecule has 3 nitrogen and oxygen atoms in total. The fourth-order valence-corrected chi connectivity index (χ4v) is 2.59. The summed E-state index contributed by atoms with van der Waals surface area (Å²) in [7, 11) is 0. The highest BCUT2D eigenvalue weighted by Gasteiger charge is 2.35. The second-order valence-corrected chi connectivity index (χ2v) is 6.46. The zero-order chi connectivity index (χ0) is 15.1. The fraction of sp³-hybridized carbons (Fsp3) is 0.533. The number of rotatable bonds is 1. The summed E-state index contributed by atoms with van der Waals surface area (Å²) in [5, 5.41) is 0. The number of nitrogen functional groups attached to an aromatic ring is 1. The minimum Gasteiger partial charge on any atom is -0.396 e. The summed E-state index contributed by atoms with van der Waals surface area (Å²) >= 11 is 0. The van der Waals surface area contributed by atoms with E-state index in [0.29, 0.717) is 19.0 Å². The summed E-state index contributed by atoms with van der Waals surface area (Å²) in [6, 6.07) is 1.80. The predicted octanol–water partition coefficient (Wildman–Crippen LogP) is 3.06. The third-order valence-electron chi connectivity index (χ3n) is 4.00. The second kappa shape index (κ2) is 5.04. The van der Waals surface area contributed by atoms with Gasteiger partial charge in [-0.05, 0) is 29.9 Å². The molecule has 1 aliphatic heterocycles. The first-order valence-corrected chi connectivity index (χ1v) is 6.74. The maximum absolute atomic E-state index is 13.9. The number of nitrogens with two attached hydrogens (primary N) is 1. The van der Waals surface area contributed by atoms with E-state index in [0.717, 1.165) is 18.6 Å². The van der Waals surface area contributed by atoms with Crippen LogP contribution in [0.2, 0.25) is 0 Å². The van der Waals surface area contributed by atoms with Crippen LogP contribution in [0.25, 0.3) is 0 Å². The maximum atomic E-state index is 13.9. The Morgan fingerprint density at radius 2 is 2.00 bits per heavy atom. The van der Waals surface area contributed by atoms with E-state index in [4.69, 9.17) is 5.73 Å². The van der Waals surface area contributed by atoms with E-state index in [1.54, 1.807) is 4.90 Å². The first kappa shape index (κ1) is 14.8. The number of amides is 1. The molecule has 0 spiro atoms. The van der Waals surface area contributed by atoms with Crippen LogP contribution in [-0.2, 0) is 0 Å². The summed E-state index contributed by atoms with van der Waals surface area (Å²) < 4.78 is 27.2. The molecule has 1 aliphatic rings. The lowest BCUT2D eigenvalue weighted by Gasteiger charge is -2.27. The van der Waals surface area contributed by atoms with Crippen LogP contribution >= 0.6 is 0 Å². The van der Waals surface area contributed by atoms with Gasteiger partial charge in [0.05, 0.1) is 11.3 Å². The van der Waals surface area contributed by atoms with Gasteiger partial charge in [-0.15, -0.1) is 0 Å². The van der Waals surface area contributed by atoms with Crippen LogP contribution in [0.5, 0.6) is 0 Å². The van der Waals surface area contributed by atoms with Gasteiger partial charge in [0.1, 0.15) is 5.82 Å². The highest BCUT2D eigenvalue weighted by Crippen LogP contribution is 2.34. The van der Waals surface area contributed by atoms with E-state index in [9.17, 15) is 13.6 Å². The summed E-state index contributed by atoms with van der Waals surface area (Å²) in [6.07, 6.45) is 0.877. The molecule has 1 atom stereocenters. The van der Waals surface area contributed by atoms with Crippen molar-refractivity contribution in [3.63, 3.8) is 0 Å². The van der Waals surface area contributed by atoms with E-state index in [1.807, 2.05) is 0 Å². The average Bonchev–Trinajstić information content (AvgIpc) is 2.82. The zero-order valence-corrected chi connectivity index (χ0v) is 12.0. The molecule has 1 unspecified atom stereocenters. The first-order valence-electron chi connectivity index (χ1n) is 6.74. The van der Waals surface area contributed by atoms with Gasteiger partial charge in [-0.3, -0.25) is 4.79 Å². The smallest absolute Gasteiger partial charge is 0.257 e. The largest absolute Gasteiger partial charge is 0.396 e. The van der Waals surface area contributed by atoms with Crippen LogP contribution in [0.1, 0.15) is 37.6 Å². The Morgan fingerprint density at radius 3 is 2.55 bits per heavy atom. The molecule has 1 amide bonds. The van der Waals surface area contributed by atoms with Gasteiger partial charge in [0.2, 0.25) is 0 Å². The van der Waals surface area contributed by atoms with Crippen molar-refractivity contribution in [1.29, 1.82) is 0 Å². The Kier molecular flexibility index (Phi) is 3.71. The lowest BCUT2D eigenvalue weighted by molar-refractivity contribution is 0.0771. The topological polar surface area (TPSA) is 46.3 Å². The maximum Gasteiger partial charge on any atom is 0.257 e. The molecule has 2 N–H and O–H groups in total. The normalized spacial score (nSPS) is 19.4. The Balaban J connectivity index is 2.22. The standard InChI is InChI=1S/C15H20F2N2O/c1-15(2,3)9-4-5-19(8-9)14(20)11-6-10(16)7-12(18)13(11)17/h6-7,9H,4-5,8,18H2,1-3H3. The van der Waals surface area contributed by atoms with Crippen molar-refractivity contribution in [2.45, 2.75) is 27.2 Å². The molecule has 1 fully saturated rings. The molecular weight excluding hydrogens is 262 g/mol. The van der Waals surface area contributed by atoms with Crippen LogP contribution in [0.15, 0.2) is 12.1 Å². The molecule has 0 aromatic heterocycles. The molecule has 2 rings (SSSR count). The molecule has 1 aromatic rings. The molecule has 1 saturated heterocycles. The minimum atomic E-state index is -0.837. The van der Waals surface area contributed by atoms with Crippen molar-refractivity contribution >= 4 is 11.6 Å². The van der Waals surface area contributed by atoms with Gasteiger partial charge in [0.25, 0.3) is 5.91 Å². The monoisotopic (exact) mass is 282 g/mol. The summed E-state index contributed by atoms with van der Waals surface area (Å²) in [4.78, 5) is 13.9. The number of hydrogen-bond acceptors (Lipinski definition) is 2. The average molecular weight is 282 g/mol. The molecule has 1 heterocycles. The van der Waals surface area contributed by atoms with Crippen molar-refractivity contribution in [1.82, 2.24) is 4.90 Å². The summed E-state index contributed by atoms with van der Waals surface area (Å²) in [5.41, 5.74) is 4.85. The van der Waals surface area contributed by atoms with Crippen LogP contribution in [0.3, 0.4) is 0 Å². The van der Waals surface area contributed by atoms with Gasteiger partial charge in [0, 0.05) is 13.1 Å². The van der Waals surface area contributed by atoms with Gasteiger partial charge in [-0.1, -0.05) is 20.8 Å². The summed E-state index contributed by atoms with van der Waals surface area (Å²) in [6.45, 7) is 7.49. The van der Waals surface area contributed by atoms with Gasteiger partial charge >= 0.3 is 0 Å². The third kappa shape index (κ3) is 2.76. The fourth-order valence-electron chi connectivity index (χ4n) is 2.59. The van der Waals surface area contributed by atoms with Crippen LogP contribution in [0, 0.1) is 23.0 Å². The van der Waals surface area contributed by atoms with Crippen LogP contribution < -0.4 is 5.73 Å². The number of hydrogen-bond donors (Lipinski definition) is 1. The Hall–Kier alpha value is -1.65. The van der Waals surface area contributed by atoms with Gasteiger partial charge in [-0.25, -0.2) is 8.78 Å². The Bertz CT molecular complexity index is 537. The quantitative estimate of drug-likeness (QED) is 0.805. The molecule has 0 saturated carbocycles. The molecule has 1 aromatic carbocycles. The molecular formula is C15H20F2N2O. The van der Waals surface area contributed by atoms with Gasteiger partial charge in [-0.2, -0.15) is 0 Å². The molecule has 20 heavy (non-hydrogen) atoms. The van der Waals surface area contributed by atoms with Gasteiger partial charge in [0.15, 0.2) is 5.82 Å². The lowest BCUT2D eigenvalue weighted by Crippen LogP contribution is -2.32. The molecule has 0 radical (unpaired) electrons. The molecule has 5 heteroatoms. The minimum absolute atomic E-state index is 0.0918. The summed E-state index contributed by atoms with van der Waals surface area (Å²) in [5.74, 6) is -1.66. The van der Waals surface area contributed by atoms with Crippen molar-refractivity contribution in [3.8, 4) is 0 Å². The SMILES string of the molecule is CC(C)(C)C1CCN(C(=O)c2cc(F)cc(N)c2F)C1. The highest BCUT2D eigenvalue weighted by atomic mass is 19.1.